The van der Waals surface area contributed by atoms with Gasteiger partial charge in [0, 0.05) is 12.1 Å². The van der Waals surface area contributed by atoms with E-state index in [9.17, 15) is 9.59 Å². The first-order chi connectivity index (χ1) is 12.7. The lowest BCUT2D eigenvalue weighted by Crippen LogP contribution is -2.41. The Bertz CT molecular complexity index is 784. The van der Waals surface area contributed by atoms with E-state index in [-0.39, 0.29) is 6.54 Å². The Kier molecular flexibility index (Phi) is 6.08. The maximum absolute atomic E-state index is 11.9. The molecule has 26 heavy (non-hydrogen) atoms. The zero-order valence-electron chi connectivity index (χ0n) is 14.5. The van der Waals surface area contributed by atoms with Gasteiger partial charge in [-0.15, -0.1) is 10.2 Å². The fourth-order valence-corrected chi connectivity index (χ4v) is 2.82. The molecule has 3 rings (SSSR count). The molecule has 8 nitrogen and oxygen atoms in total. The fourth-order valence-electron chi connectivity index (χ4n) is 2.82. The lowest BCUT2D eigenvalue weighted by Gasteiger charge is -2.13. The zero-order valence-corrected chi connectivity index (χ0v) is 14.5. The van der Waals surface area contributed by atoms with Gasteiger partial charge in [-0.1, -0.05) is 42.0 Å². The Morgan fingerprint density at radius 3 is 2.77 bits per heavy atom. The smallest absolute Gasteiger partial charge is 0.321 e. The van der Waals surface area contributed by atoms with Crippen LogP contribution in [0.1, 0.15) is 32.1 Å². The van der Waals surface area contributed by atoms with E-state index in [0.717, 1.165) is 29.6 Å². The van der Waals surface area contributed by atoms with E-state index in [0.29, 0.717) is 12.4 Å². The number of aromatic nitrogens is 4. The molecule has 3 amide bonds. The molecule has 0 saturated heterocycles. The summed E-state index contributed by atoms with van der Waals surface area (Å²) in [6.45, 7) is 0.350. The van der Waals surface area contributed by atoms with Crippen LogP contribution in [0.2, 0.25) is 0 Å². The van der Waals surface area contributed by atoms with E-state index in [2.05, 4.69) is 32.1 Å². The van der Waals surface area contributed by atoms with Gasteiger partial charge in [0.05, 0.1) is 0 Å². The number of carbonyl (C=O) groups is 2. The Morgan fingerprint density at radius 2 is 2.00 bits per heavy atom. The number of urea groups is 1. The molecule has 0 saturated carbocycles. The minimum absolute atomic E-state index is 0.168. The van der Waals surface area contributed by atoms with Crippen LogP contribution in [0.25, 0.3) is 11.4 Å². The largest absolute Gasteiger partial charge is 0.337 e. The van der Waals surface area contributed by atoms with Crippen molar-refractivity contribution >= 4 is 11.9 Å². The highest BCUT2D eigenvalue weighted by Crippen LogP contribution is 2.19. The first-order valence-corrected chi connectivity index (χ1v) is 8.79. The van der Waals surface area contributed by atoms with Gasteiger partial charge in [0.1, 0.15) is 6.54 Å². The third-order valence-electron chi connectivity index (χ3n) is 4.14. The van der Waals surface area contributed by atoms with Crippen molar-refractivity contribution in [2.45, 2.75) is 38.6 Å². The molecule has 1 aliphatic carbocycles. The highest BCUT2D eigenvalue weighted by molar-refractivity contribution is 5.94. The van der Waals surface area contributed by atoms with Crippen molar-refractivity contribution in [1.29, 1.82) is 0 Å². The van der Waals surface area contributed by atoms with Crippen LogP contribution in [0.5, 0.6) is 0 Å². The SMILES string of the molecule is O=C(Cn1nnc(-c2ccccc2)n1)NC(=O)NCCC1=CCCCC1. The average Bonchev–Trinajstić information content (AvgIpc) is 3.11. The summed E-state index contributed by atoms with van der Waals surface area (Å²) in [5.41, 5.74) is 2.19. The average molecular weight is 354 g/mol. The minimum Gasteiger partial charge on any atom is -0.337 e. The molecule has 0 unspecified atom stereocenters. The predicted molar refractivity (Wildman–Crippen MR) is 96.0 cm³/mol. The quantitative estimate of drug-likeness (QED) is 0.773. The van der Waals surface area contributed by atoms with Gasteiger partial charge in [-0.3, -0.25) is 10.1 Å². The van der Waals surface area contributed by atoms with Crippen molar-refractivity contribution in [3.63, 3.8) is 0 Å². The zero-order chi connectivity index (χ0) is 18.2. The number of amides is 3. The molecule has 2 N–H and O–H groups in total. The van der Waals surface area contributed by atoms with Crippen molar-refractivity contribution in [2.75, 3.05) is 6.54 Å². The van der Waals surface area contributed by atoms with Crippen LogP contribution in [-0.2, 0) is 11.3 Å². The van der Waals surface area contributed by atoms with Crippen LogP contribution in [0.4, 0.5) is 4.79 Å². The van der Waals surface area contributed by atoms with Gasteiger partial charge in [0.15, 0.2) is 0 Å². The summed E-state index contributed by atoms with van der Waals surface area (Å²) in [5, 5.41) is 16.9. The molecule has 8 heteroatoms. The van der Waals surface area contributed by atoms with Crippen molar-refractivity contribution in [3.8, 4) is 11.4 Å². The first-order valence-electron chi connectivity index (χ1n) is 8.79. The van der Waals surface area contributed by atoms with E-state index in [4.69, 9.17) is 0 Å². The molecular weight excluding hydrogens is 332 g/mol. The van der Waals surface area contributed by atoms with Gasteiger partial charge in [0.25, 0.3) is 5.91 Å². The molecule has 1 aliphatic rings. The standard InChI is InChI=1S/C18H22N6O2/c25-16(20-18(26)19-12-11-14-7-3-1-4-8-14)13-24-22-17(21-23-24)15-9-5-2-6-10-15/h2,5-7,9-10H,1,3-4,8,11-13H2,(H2,19,20,25,26). The monoisotopic (exact) mass is 354 g/mol. The van der Waals surface area contributed by atoms with E-state index < -0.39 is 11.9 Å². The molecule has 1 aromatic carbocycles. The summed E-state index contributed by atoms with van der Waals surface area (Å²) < 4.78 is 0. The molecule has 0 fully saturated rings. The lowest BCUT2D eigenvalue weighted by atomic mass is 9.97. The van der Waals surface area contributed by atoms with Crippen molar-refractivity contribution in [2.24, 2.45) is 0 Å². The molecule has 1 heterocycles. The molecule has 0 aliphatic heterocycles. The second-order valence-corrected chi connectivity index (χ2v) is 6.17. The molecule has 1 aromatic heterocycles. The van der Waals surface area contributed by atoms with Crippen molar-refractivity contribution in [3.05, 3.63) is 42.0 Å². The summed E-state index contributed by atoms with van der Waals surface area (Å²) in [7, 11) is 0. The summed E-state index contributed by atoms with van der Waals surface area (Å²) >= 11 is 0. The van der Waals surface area contributed by atoms with Gasteiger partial charge < -0.3 is 5.32 Å². The molecule has 0 bridgehead atoms. The van der Waals surface area contributed by atoms with E-state index >= 15 is 0 Å². The topological polar surface area (TPSA) is 102 Å². The Hall–Kier alpha value is -3.03. The summed E-state index contributed by atoms with van der Waals surface area (Å²) in [4.78, 5) is 24.9. The number of benzene rings is 1. The van der Waals surface area contributed by atoms with Crippen LogP contribution in [0.3, 0.4) is 0 Å². The fraction of sp³-hybridized carbons (Fsp3) is 0.389. The number of rotatable bonds is 6. The molecular formula is C18H22N6O2. The number of carbonyl (C=O) groups excluding carboxylic acids is 2. The number of imide groups is 1. The van der Waals surface area contributed by atoms with Crippen LogP contribution in [0, 0.1) is 0 Å². The van der Waals surface area contributed by atoms with Gasteiger partial charge in [0.2, 0.25) is 5.82 Å². The van der Waals surface area contributed by atoms with Gasteiger partial charge in [-0.2, -0.15) is 4.80 Å². The van der Waals surface area contributed by atoms with Crippen molar-refractivity contribution in [1.82, 2.24) is 30.8 Å². The van der Waals surface area contributed by atoms with Crippen LogP contribution in [0.15, 0.2) is 42.0 Å². The van der Waals surface area contributed by atoms with E-state index in [1.54, 1.807) is 0 Å². The van der Waals surface area contributed by atoms with Gasteiger partial charge >= 0.3 is 6.03 Å². The second-order valence-electron chi connectivity index (χ2n) is 6.17. The molecule has 0 radical (unpaired) electrons. The third kappa shape index (κ3) is 5.23. The van der Waals surface area contributed by atoms with Gasteiger partial charge in [-0.05, 0) is 37.3 Å². The summed E-state index contributed by atoms with van der Waals surface area (Å²) in [6.07, 6.45) is 7.75. The Balaban J connectivity index is 1.41. The third-order valence-corrected chi connectivity index (χ3v) is 4.14. The highest BCUT2D eigenvalue weighted by Gasteiger charge is 2.12. The molecule has 0 atom stereocenters. The number of allylic oxidation sites excluding steroid dienone is 1. The van der Waals surface area contributed by atoms with Crippen LogP contribution < -0.4 is 10.6 Å². The van der Waals surface area contributed by atoms with Gasteiger partial charge in [-0.25, -0.2) is 4.79 Å². The molecule has 136 valence electrons. The number of hydrogen-bond donors (Lipinski definition) is 2. The number of nitrogens with one attached hydrogen (secondary N) is 2. The summed E-state index contributed by atoms with van der Waals surface area (Å²) in [6, 6.07) is 8.85. The summed E-state index contributed by atoms with van der Waals surface area (Å²) in [5.74, 6) is -0.0556. The molecule has 0 spiro atoms. The Morgan fingerprint density at radius 1 is 1.15 bits per heavy atom. The number of hydrogen-bond acceptors (Lipinski definition) is 5. The second kappa shape index (κ2) is 8.89. The van der Waals surface area contributed by atoms with E-state index in [1.165, 1.54) is 18.4 Å². The number of nitrogens with zero attached hydrogens (tertiary/aromatic N) is 4. The van der Waals surface area contributed by atoms with Crippen molar-refractivity contribution < 1.29 is 9.59 Å². The highest BCUT2D eigenvalue weighted by atomic mass is 16.2. The Labute approximate surface area is 151 Å². The predicted octanol–water partition coefficient (Wildman–Crippen LogP) is 2.06. The lowest BCUT2D eigenvalue weighted by molar-refractivity contribution is -0.121. The number of tetrazole rings is 1. The molecule has 2 aromatic rings. The van der Waals surface area contributed by atoms with E-state index in [1.807, 2.05) is 30.3 Å². The normalized spacial score (nSPS) is 13.8. The first kappa shape index (κ1) is 17.8. The van der Waals surface area contributed by atoms with Crippen LogP contribution in [-0.4, -0.2) is 38.7 Å². The minimum atomic E-state index is -0.505. The van der Waals surface area contributed by atoms with Crippen LogP contribution >= 0.6 is 0 Å². The maximum Gasteiger partial charge on any atom is 0.321 e. The maximum atomic E-state index is 11.9.